The van der Waals surface area contributed by atoms with E-state index in [1.54, 1.807) is 14.2 Å². The molecule has 4 nitrogen and oxygen atoms in total. The summed E-state index contributed by atoms with van der Waals surface area (Å²) in [6, 6.07) is 10.9. The molecule has 132 valence electrons. The molecule has 1 aliphatic heterocycles. The van der Waals surface area contributed by atoms with Gasteiger partial charge < -0.3 is 14.6 Å². The second-order valence-corrected chi connectivity index (χ2v) is 6.87. The number of aliphatic hydroxyl groups is 1. The van der Waals surface area contributed by atoms with Crippen LogP contribution in [0.1, 0.15) is 33.7 Å². The molecular weight excluding hydrogens is 314 g/mol. The van der Waals surface area contributed by atoms with Crippen LogP contribution in [0.3, 0.4) is 0 Å². The Hall–Kier alpha value is -2.04. The molecule has 1 N–H and O–H groups in total. The molecule has 0 amide bonds. The molecule has 0 fully saturated rings. The van der Waals surface area contributed by atoms with Crippen molar-refractivity contribution in [1.29, 1.82) is 0 Å². The summed E-state index contributed by atoms with van der Waals surface area (Å²) in [7, 11) is 3.42. The Labute approximate surface area is 149 Å². The van der Waals surface area contributed by atoms with Gasteiger partial charge in [0.25, 0.3) is 0 Å². The van der Waals surface area contributed by atoms with Crippen molar-refractivity contribution in [3.05, 3.63) is 58.1 Å². The summed E-state index contributed by atoms with van der Waals surface area (Å²) in [5.41, 5.74) is 6.85. The van der Waals surface area contributed by atoms with Crippen LogP contribution in [0, 0.1) is 0 Å². The maximum atomic E-state index is 9.47. The Morgan fingerprint density at radius 1 is 1.12 bits per heavy atom. The standard InChI is InChI=1S/C21H25NO3/c1-24-19-11-15-8-7-14-5-3-4-6-16(14)17-12-22(9-10-23)13-18(20(15)17)21(19)25-2/h3-6,11,17,23H,7-10,12-13H2,1-2H3. The highest BCUT2D eigenvalue weighted by Crippen LogP contribution is 2.46. The van der Waals surface area contributed by atoms with Crippen LogP contribution < -0.4 is 9.47 Å². The molecular formula is C21H25NO3. The number of β-amino-alcohol motifs (C(OH)–C–C–N with tert-alkyl or cyclic N) is 1. The molecule has 2 aliphatic rings. The topological polar surface area (TPSA) is 41.9 Å². The summed E-state index contributed by atoms with van der Waals surface area (Å²) in [5.74, 6) is 1.98. The molecule has 1 atom stereocenters. The van der Waals surface area contributed by atoms with Crippen LogP contribution in [0.25, 0.3) is 0 Å². The van der Waals surface area contributed by atoms with Crippen LogP contribution in [0.5, 0.6) is 11.5 Å². The molecule has 4 rings (SSSR count). The van der Waals surface area contributed by atoms with E-state index in [1.807, 2.05) is 0 Å². The molecule has 0 aromatic heterocycles. The Morgan fingerprint density at radius 2 is 1.92 bits per heavy atom. The van der Waals surface area contributed by atoms with Crippen LogP contribution in [-0.2, 0) is 19.4 Å². The normalized spacial score (nSPS) is 18.9. The highest BCUT2D eigenvalue weighted by Gasteiger charge is 2.34. The second kappa shape index (κ2) is 6.70. The van der Waals surface area contributed by atoms with Crippen molar-refractivity contribution >= 4 is 0 Å². The van der Waals surface area contributed by atoms with E-state index in [9.17, 15) is 5.11 Å². The van der Waals surface area contributed by atoms with Crippen LogP contribution >= 0.6 is 0 Å². The monoisotopic (exact) mass is 339 g/mol. The predicted molar refractivity (Wildman–Crippen MR) is 97.6 cm³/mol. The summed E-state index contributed by atoms with van der Waals surface area (Å²) in [4.78, 5) is 2.32. The minimum atomic E-state index is 0.169. The predicted octanol–water partition coefficient (Wildman–Crippen LogP) is 2.74. The quantitative estimate of drug-likeness (QED) is 0.930. The first kappa shape index (κ1) is 16.4. The summed E-state index contributed by atoms with van der Waals surface area (Å²) >= 11 is 0. The Balaban J connectivity index is 1.95. The van der Waals surface area contributed by atoms with Crippen molar-refractivity contribution < 1.29 is 14.6 Å². The third-order valence-corrected chi connectivity index (χ3v) is 5.58. The first-order chi connectivity index (χ1) is 12.3. The van der Waals surface area contributed by atoms with Gasteiger partial charge in [-0.3, -0.25) is 4.90 Å². The van der Waals surface area contributed by atoms with Gasteiger partial charge in [-0.05, 0) is 41.2 Å². The molecule has 0 radical (unpaired) electrons. The first-order valence-corrected chi connectivity index (χ1v) is 8.94. The van der Waals surface area contributed by atoms with E-state index in [-0.39, 0.29) is 6.61 Å². The second-order valence-electron chi connectivity index (χ2n) is 6.87. The fourth-order valence-electron chi connectivity index (χ4n) is 4.51. The number of methoxy groups -OCH3 is 2. The van der Waals surface area contributed by atoms with Crippen molar-refractivity contribution in [2.75, 3.05) is 33.9 Å². The largest absolute Gasteiger partial charge is 0.493 e. The molecule has 0 bridgehead atoms. The lowest BCUT2D eigenvalue weighted by Crippen LogP contribution is -2.36. The molecule has 1 unspecified atom stereocenters. The van der Waals surface area contributed by atoms with Gasteiger partial charge in [0.15, 0.2) is 11.5 Å². The fourth-order valence-corrected chi connectivity index (χ4v) is 4.51. The van der Waals surface area contributed by atoms with E-state index in [0.29, 0.717) is 12.5 Å². The molecule has 1 heterocycles. The zero-order valence-electron chi connectivity index (χ0n) is 14.9. The van der Waals surface area contributed by atoms with Gasteiger partial charge in [-0.15, -0.1) is 0 Å². The number of benzene rings is 2. The molecule has 0 saturated heterocycles. The van der Waals surface area contributed by atoms with Crippen molar-refractivity contribution in [1.82, 2.24) is 4.90 Å². The maximum absolute atomic E-state index is 9.47. The lowest BCUT2D eigenvalue weighted by atomic mass is 9.81. The number of fused-ring (bicyclic) bond motifs is 2. The minimum absolute atomic E-state index is 0.169. The molecule has 2 aromatic rings. The summed E-state index contributed by atoms with van der Waals surface area (Å²) in [6.45, 7) is 2.58. The zero-order chi connectivity index (χ0) is 17.4. The van der Waals surface area contributed by atoms with E-state index in [0.717, 1.165) is 37.4 Å². The Kier molecular flexibility index (Phi) is 4.40. The lowest BCUT2D eigenvalue weighted by Gasteiger charge is -2.37. The van der Waals surface area contributed by atoms with Crippen LogP contribution in [0.15, 0.2) is 30.3 Å². The van der Waals surface area contributed by atoms with Crippen LogP contribution in [0.4, 0.5) is 0 Å². The highest BCUT2D eigenvalue weighted by atomic mass is 16.5. The van der Waals surface area contributed by atoms with Crippen LogP contribution in [-0.4, -0.2) is 43.9 Å². The summed E-state index contributed by atoms with van der Waals surface area (Å²) < 4.78 is 11.4. The van der Waals surface area contributed by atoms with Crippen molar-refractivity contribution in [3.8, 4) is 11.5 Å². The van der Waals surface area contributed by atoms with Gasteiger partial charge in [0.1, 0.15) is 0 Å². The van der Waals surface area contributed by atoms with Gasteiger partial charge in [0.05, 0.1) is 20.8 Å². The van der Waals surface area contributed by atoms with Crippen molar-refractivity contribution in [3.63, 3.8) is 0 Å². The maximum Gasteiger partial charge on any atom is 0.165 e. The van der Waals surface area contributed by atoms with Gasteiger partial charge in [-0.25, -0.2) is 0 Å². The summed E-state index contributed by atoms with van der Waals surface area (Å²) in [6.07, 6.45) is 2.07. The molecule has 1 aliphatic carbocycles. The number of hydrogen-bond donors (Lipinski definition) is 1. The van der Waals surface area contributed by atoms with Gasteiger partial charge in [0, 0.05) is 31.1 Å². The van der Waals surface area contributed by atoms with Gasteiger partial charge >= 0.3 is 0 Å². The smallest absolute Gasteiger partial charge is 0.165 e. The highest BCUT2D eigenvalue weighted by molar-refractivity contribution is 5.60. The molecule has 0 saturated carbocycles. The molecule has 2 aromatic carbocycles. The van der Waals surface area contributed by atoms with Gasteiger partial charge in [-0.2, -0.15) is 0 Å². The summed E-state index contributed by atoms with van der Waals surface area (Å²) in [5, 5.41) is 9.47. The number of aryl methyl sites for hydroxylation is 2. The lowest BCUT2D eigenvalue weighted by molar-refractivity contribution is 0.175. The number of rotatable bonds is 4. The van der Waals surface area contributed by atoms with E-state index in [2.05, 4.69) is 35.2 Å². The zero-order valence-corrected chi connectivity index (χ0v) is 14.9. The number of ether oxygens (including phenoxy) is 2. The van der Waals surface area contributed by atoms with E-state index < -0.39 is 0 Å². The number of aliphatic hydroxyl groups excluding tert-OH is 1. The van der Waals surface area contributed by atoms with Gasteiger partial charge in [-0.1, -0.05) is 24.3 Å². The molecule has 25 heavy (non-hydrogen) atoms. The molecule has 4 heteroatoms. The Morgan fingerprint density at radius 3 is 2.68 bits per heavy atom. The average Bonchev–Trinajstić information content (AvgIpc) is 2.80. The molecule has 0 spiro atoms. The van der Waals surface area contributed by atoms with Crippen LogP contribution in [0.2, 0.25) is 0 Å². The SMILES string of the molecule is COc1cc2c3c(c1OC)CN(CCO)CC3c1ccccc1CC2. The van der Waals surface area contributed by atoms with Crippen molar-refractivity contribution in [2.45, 2.75) is 25.3 Å². The minimum Gasteiger partial charge on any atom is -0.493 e. The van der Waals surface area contributed by atoms with E-state index in [4.69, 9.17) is 9.47 Å². The Bertz CT molecular complexity index is 787. The third-order valence-electron chi connectivity index (χ3n) is 5.58. The first-order valence-electron chi connectivity index (χ1n) is 8.94. The van der Waals surface area contributed by atoms with E-state index in [1.165, 1.54) is 27.8 Å². The van der Waals surface area contributed by atoms with Gasteiger partial charge in [0.2, 0.25) is 0 Å². The number of nitrogens with zero attached hydrogens (tertiary/aromatic N) is 1. The number of hydrogen-bond acceptors (Lipinski definition) is 4. The van der Waals surface area contributed by atoms with E-state index >= 15 is 0 Å². The fraction of sp³-hybridized carbons (Fsp3) is 0.429. The average molecular weight is 339 g/mol. The van der Waals surface area contributed by atoms with Crippen molar-refractivity contribution in [2.24, 2.45) is 0 Å². The third kappa shape index (κ3) is 2.70.